The Morgan fingerprint density at radius 2 is 0.382 bits per heavy atom. The van der Waals surface area contributed by atoms with Gasteiger partial charge in [0.25, 0.3) is 0 Å². The third-order valence-electron chi connectivity index (χ3n) is 12.2. The van der Waals surface area contributed by atoms with Crippen LogP contribution in [0.5, 0.6) is 0 Å². The first-order valence-electron chi connectivity index (χ1n) is 26.9. The zero-order chi connectivity index (χ0) is 69.3. The minimum absolute atomic E-state index is 0. The van der Waals surface area contributed by atoms with E-state index >= 15 is 0 Å². The van der Waals surface area contributed by atoms with Crippen LogP contribution in [0.25, 0.3) is 65.4 Å². The van der Waals surface area contributed by atoms with Gasteiger partial charge in [-0.25, -0.2) is 0 Å². The van der Waals surface area contributed by atoms with Gasteiger partial charge in [-0.1, -0.05) is 109 Å². The van der Waals surface area contributed by atoms with Crippen molar-refractivity contribution in [2.24, 2.45) is 0 Å². The summed E-state index contributed by atoms with van der Waals surface area (Å²) in [6.45, 7) is 0. The molecule has 12 rings (SSSR count). The Labute approximate surface area is 638 Å². The number of pyridine rings is 6. The van der Waals surface area contributed by atoms with E-state index in [2.05, 4.69) is 29.9 Å². The summed E-state index contributed by atoms with van der Waals surface area (Å²) in [4.78, 5) is 168. The van der Waals surface area contributed by atoms with Crippen molar-refractivity contribution in [2.75, 3.05) is 28.2 Å². The first-order valence-corrected chi connectivity index (χ1v) is 26.9. The van der Waals surface area contributed by atoms with Crippen LogP contribution < -0.4 is 64.0 Å². The van der Waals surface area contributed by atoms with Crippen molar-refractivity contribution < 1.29 is 184 Å². The second kappa shape index (κ2) is 47.0. The summed E-state index contributed by atoms with van der Waals surface area (Å²) in [7, 11) is 6.75. The predicted molar refractivity (Wildman–Crippen MR) is 360 cm³/mol. The van der Waals surface area contributed by atoms with E-state index in [9.17, 15) is 97.8 Å². The molecule has 0 aliphatic heterocycles. The summed E-state index contributed by atoms with van der Waals surface area (Å²) >= 11 is 0. The molecule has 102 heavy (non-hydrogen) atoms. The zero-order valence-electron chi connectivity index (χ0n) is 54.0. The number of nitrogens with zero attached hydrogens (tertiary/aromatic N) is 2. The van der Waals surface area contributed by atoms with Gasteiger partial charge in [0.1, 0.15) is 0 Å². The smallest absolute Gasteiger partial charge is 0.545 e. The molecule has 0 fully saturated rings. The summed E-state index contributed by atoms with van der Waals surface area (Å²) in [6.07, 6.45) is 1.50. The topological polar surface area (TPSA) is 674 Å². The van der Waals surface area contributed by atoms with Crippen LogP contribution in [0.2, 0.25) is 0 Å². The molecular formula is C66H66N8O26Pr2+4. The number of rotatable bonds is 8. The molecule has 0 aliphatic rings. The number of benzene rings is 6. The van der Waals surface area contributed by atoms with Crippen molar-refractivity contribution >= 4 is 114 Å². The number of para-hydroxylation sites is 6. The van der Waals surface area contributed by atoms with Crippen LogP contribution in [-0.4, -0.2) is 127 Å². The summed E-state index contributed by atoms with van der Waals surface area (Å²) in [5, 5.41) is 67.1. The number of amides is 2. The fraction of sp³-hybridized carbons (Fsp3) is 0.0606. The van der Waals surface area contributed by atoms with Gasteiger partial charge in [-0.2, -0.15) is 0 Å². The maximum absolute atomic E-state index is 11.1. The number of carbonyl (C=O) groups is 8. The van der Waals surface area contributed by atoms with E-state index in [1.165, 1.54) is 9.80 Å². The van der Waals surface area contributed by atoms with Crippen molar-refractivity contribution in [1.29, 1.82) is 0 Å². The van der Waals surface area contributed by atoms with Crippen molar-refractivity contribution in [3.63, 3.8) is 0 Å². The van der Waals surface area contributed by atoms with Crippen LogP contribution in [-0.2, 0) is 31.5 Å². The molecule has 6 aromatic heterocycles. The predicted octanol–water partition coefficient (Wildman–Crippen LogP) is -6.58. The van der Waals surface area contributed by atoms with Crippen LogP contribution in [0.15, 0.2) is 211 Å². The average Bonchev–Trinajstić information content (AvgIpc) is 0.862. The first kappa shape index (κ1) is 97.2. The van der Waals surface area contributed by atoms with Gasteiger partial charge < -0.3 is 132 Å². The number of aromatic nitrogens is 6. The molecule has 528 valence electrons. The Hall–Kier alpha value is -11.2. The fourth-order valence-electron chi connectivity index (χ4n) is 8.24. The number of aromatic carboxylic acids is 6. The zero-order valence-corrected chi connectivity index (χ0v) is 61.4. The van der Waals surface area contributed by atoms with E-state index in [4.69, 9.17) is 0 Å². The van der Waals surface area contributed by atoms with E-state index in [0.717, 1.165) is 49.2 Å². The molecule has 12 aromatic rings. The van der Waals surface area contributed by atoms with E-state index in [-0.39, 0.29) is 149 Å². The molecule has 6 heterocycles. The Balaban J connectivity index is -0.000000542. The molecule has 34 nitrogen and oxygen atoms in total. The number of aromatic amines is 6. The average molecular weight is 1670 g/mol. The van der Waals surface area contributed by atoms with Crippen molar-refractivity contribution in [3.05, 3.63) is 277 Å². The van der Waals surface area contributed by atoms with Gasteiger partial charge in [0, 0.05) is 163 Å². The second-order valence-corrected chi connectivity index (χ2v) is 19.4. The van der Waals surface area contributed by atoms with Gasteiger partial charge in [-0.3, -0.25) is 38.4 Å². The molecule has 0 bridgehead atoms. The summed E-state index contributed by atoms with van der Waals surface area (Å²) in [5.74, 6) is -8.04. The number of carbonyl (C=O) groups excluding carboxylic acids is 8. The molecular weight excluding hydrogens is 1600 g/mol. The number of carboxylic acid groups (broad SMARTS) is 6. The van der Waals surface area contributed by atoms with E-state index in [1.807, 2.05) is 0 Å². The first-order chi connectivity index (χ1) is 44.6. The molecule has 0 radical (unpaired) electrons. The third-order valence-corrected chi connectivity index (χ3v) is 12.2. The largest absolute Gasteiger partial charge is 3.00 e. The molecule has 0 unspecified atom stereocenters. The Morgan fingerprint density at radius 1 is 0.275 bits per heavy atom. The molecule has 2 amide bonds. The minimum atomic E-state index is -1.34. The van der Waals surface area contributed by atoms with Crippen LogP contribution in [0.3, 0.4) is 0 Å². The van der Waals surface area contributed by atoms with Crippen LogP contribution >= 0.6 is 0 Å². The Kier molecular flexibility index (Phi) is 44.8. The van der Waals surface area contributed by atoms with E-state index < -0.39 is 69.2 Å². The molecule has 0 spiro atoms. The summed E-state index contributed by atoms with van der Waals surface area (Å²) < 4.78 is 0. The third kappa shape index (κ3) is 28.6. The molecule has 36 heteroatoms. The Morgan fingerprint density at radius 3 is 0.480 bits per heavy atom. The van der Waals surface area contributed by atoms with Gasteiger partial charge in [0.05, 0.1) is 35.8 Å². The molecule has 0 aliphatic carbocycles. The standard InChI is InChI=1S/6C10H7NO3.2C3H7NO.6H2O.2Pr/c6*12-9-5-7(10(13)14)6-3-1-2-4-8(6)11-9;2*1-4(2)3-5;;;;;;;;/h6*1-5H,(H,11,12)(H,13,14);2*3H,1-2H3;6*1H2;;/q;;;;;;;;;;;;;;2*+3/p-2. The number of H-pyrrole nitrogens is 6. The molecule has 0 saturated heterocycles. The second-order valence-electron chi connectivity index (χ2n) is 19.4. The number of hydrogen-bond donors (Lipinski definition) is 6. The molecule has 6 aromatic carbocycles. The van der Waals surface area contributed by atoms with Crippen LogP contribution in [0, 0.1) is 82.6 Å². The maximum atomic E-state index is 11.1. The number of hydrogen-bond acceptors (Lipinski definition) is 20. The van der Waals surface area contributed by atoms with Gasteiger partial charge >= 0.3 is 82.6 Å². The fourth-order valence-corrected chi connectivity index (χ4v) is 8.24. The SMILES string of the molecule is CN(C)C=O.CN(C)C=O.O.O.O=C([O-])c1cc(=O)[nH]c2ccccc12.O=C([O-])c1cc(=O)[nH]c2ccccc12.O=C([O-])c1cc(=O)[nH]c2ccccc12.O=C([O-])c1cc(=O)[nH]c2ccccc12.O=C([O-])c1cc(=O)[nH]c2ccccc12.O=C([O-])c1cc(=O)[nH]c2ccccc12.[OH3+].[OH3+].[OH3+].[OH3+].[Pr+3].[Pr+3]. The minimum Gasteiger partial charge on any atom is -0.545 e. The van der Waals surface area contributed by atoms with E-state index in [0.29, 0.717) is 65.4 Å². The van der Waals surface area contributed by atoms with E-state index in [1.54, 1.807) is 174 Å². The van der Waals surface area contributed by atoms with Crippen LogP contribution in [0.1, 0.15) is 62.1 Å². The summed E-state index contributed by atoms with van der Waals surface area (Å²) in [5.41, 5.74) is -0.131. The normalized spacial score (nSPS) is 9.14. The number of nitrogens with one attached hydrogen (secondary N) is 6. The van der Waals surface area contributed by atoms with Gasteiger partial charge in [0.2, 0.25) is 46.2 Å². The monoisotopic (exact) mass is 1670 g/mol. The van der Waals surface area contributed by atoms with Crippen molar-refractivity contribution in [3.8, 4) is 0 Å². The number of carboxylic acids is 6. The van der Waals surface area contributed by atoms with Gasteiger partial charge in [-0.15, -0.1) is 0 Å². The molecule has 22 N–H and O–H groups in total. The van der Waals surface area contributed by atoms with Crippen LogP contribution in [0.4, 0.5) is 0 Å². The number of fused-ring (bicyclic) bond motifs is 6. The van der Waals surface area contributed by atoms with Gasteiger partial charge in [-0.05, 0) is 36.4 Å². The maximum Gasteiger partial charge on any atom is 3.00 e. The van der Waals surface area contributed by atoms with Crippen molar-refractivity contribution in [2.45, 2.75) is 0 Å². The Bertz CT molecular complexity index is 4400. The molecule has 0 saturated carbocycles. The quantitative estimate of drug-likeness (QED) is 0.0608. The summed E-state index contributed by atoms with van der Waals surface area (Å²) in [6, 6.07) is 46.3. The van der Waals surface area contributed by atoms with Crippen molar-refractivity contribution in [1.82, 2.24) is 39.7 Å². The molecule has 0 atom stereocenters. The van der Waals surface area contributed by atoms with Gasteiger partial charge in [0.15, 0.2) is 0 Å².